The van der Waals surface area contributed by atoms with Crippen LogP contribution in [0.2, 0.25) is 0 Å². The van der Waals surface area contributed by atoms with Gasteiger partial charge in [0.05, 0.1) is 24.0 Å². The highest BCUT2D eigenvalue weighted by Gasteiger charge is 2.23. The molecule has 1 aliphatic heterocycles. The zero-order chi connectivity index (χ0) is 15.1. The summed E-state index contributed by atoms with van der Waals surface area (Å²) in [6.45, 7) is 3.45. The molecule has 0 radical (unpaired) electrons. The van der Waals surface area contributed by atoms with Gasteiger partial charge in [0, 0.05) is 18.5 Å². The summed E-state index contributed by atoms with van der Waals surface area (Å²) in [5.41, 5.74) is 1.61. The maximum absolute atomic E-state index is 11.8. The van der Waals surface area contributed by atoms with Crippen LogP contribution in [0.4, 0.5) is 5.82 Å². The van der Waals surface area contributed by atoms with Crippen molar-refractivity contribution in [1.29, 1.82) is 0 Å². The summed E-state index contributed by atoms with van der Waals surface area (Å²) < 4.78 is 0. The van der Waals surface area contributed by atoms with E-state index in [9.17, 15) is 4.79 Å². The van der Waals surface area contributed by atoms with Crippen molar-refractivity contribution in [3.05, 3.63) is 45.2 Å². The fourth-order valence-corrected chi connectivity index (χ4v) is 3.61. The summed E-state index contributed by atoms with van der Waals surface area (Å²) in [4.78, 5) is 31.3. The van der Waals surface area contributed by atoms with E-state index in [2.05, 4.69) is 32.8 Å². The van der Waals surface area contributed by atoms with Crippen LogP contribution in [0.3, 0.4) is 0 Å². The third kappa shape index (κ3) is 2.09. The molecule has 0 spiro atoms. The van der Waals surface area contributed by atoms with Crippen molar-refractivity contribution in [3.63, 3.8) is 0 Å². The van der Waals surface area contributed by atoms with Crippen molar-refractivity contribution in [2.45, 2.75) is 26.3 Å². The summed E-state index contributed by atoms with van der Waals surface area (Å²) in [5, 5.41) is 3.12. The first-order chi connectivity index (χ1) is 10.8. The highest BCUT2D eigenvalue weighted by atomic mass is 32.1. The molecule has 0 amide bonds. The normalized spacial score (nSPS) is 14.3. The minimum atomic E-state index is -0.0257. The van der Waals surface area contributed by atoms with E-state index in [4.69, 9.17) is 4.98 Å². The Balaban J connectivity index is 1.80. The molecule has 0 aliphatic carbocycles. The number of nitrogens with zero attached hydrogens (tertiary/aromatic N) is 4. The van der Waals surface area contributed by atoms with E-state index in [0.29, 0.717) is 13.0 Å². The van der Waals surface area contributed by atoms with Gasteiger partial charge in [-0.3, -0.25) is 4.79 Å². The number of aryl methyl sites for hydroxylation is 1. The highest BCUT2D eigenvalue weighted by Crippen LogP contribution is 2.30. The first-order valence-corrected chi connectivity index (χ1v) is 8.18. The molecule has 0 aromatic carbocycles. The molecule has 0 saturated heterocycles. The quantitative estimate of drug-likeness (QED) is 0.782. The monoisotopic (exact) mass is 313 g/mol. The number of anilines is 1. The van der Waals surface area contributed by atoms with Crippen LogP contribution in [0, 0.1) is 0 Å². The number of aromatic amines is 1. The third-order valence-electron chi connectivity index (χ3n) is 3.98. The lowest BCUT2D eigenvalue weighted by molar-refractivity contribution is 0.687. The van der Waals surface area contributed by atoms with E-state index in [0.717, 1.165) is 46.1 Å². The zero-order valence-corrected chi connectivity index (χ0v) is 13.0. The molecule has 4 heterocycles. The van der Waals surface area contributed by atoms with Gasteiger partial charge in [-0.25, -0.2) is 15.0 Å². The van der Waals surface area contributed by atoms with Crippen LogP contribution in [0.25, 0.3) is 10.2 Å². The zero-order valence-electron chi connectivity index (χ0n) is 12.2. The molecule has 6 nitrogen and oxygen atoms in total. The third-order valence-corrected chi connectivity index (χ3v) is 4.78. The molecule has 1 aliphatic rings. The topological polar surface area (TPSA) is 74.8 Å². The lowest BCUT2D eigenvalue weighted by atomic mass is 10.1. The van der Waals surface area contributed by atoms with Crippen LogP contribution in [-0.4, -0.2) is 26.5 Å². The van der Waals surface area contributed by atoms with Crippen molar-refractivity contribution in [2.75, 3.05) is 11.4 Å². The van der Waals surface area contributed by atoms with E-state index < -0.39 is 0 Å². The largest absolute Gasteiger partial charge is 0.350 e. The maximum Gasteiger partial charge on any atom is 0.254 e. The van der Waals surface area contributed by atoms with E-state index in [1.165, 1.54) is 6.33 Å². The van der Waals surface area contributed by atoms with Crippen molar-refractivity contribution < 1.29 is 0 Å². The molecule has 0 saturated carbocycles. The van der Waals surface area contributed by atoms with Crippen LogP contribution in [0.5, 0.6) is 0 Å². The highest BCUT2D eigenvalue weighted by molar-refractivity contribution is 7.16. The number of nitrogens with one attached hydrogen (secondary N) is 1. The van der Waals surface area contributed by atoms with E-state index in [-0.39, 0.29) is 5.56 Å². The van der Waals surface area contributed by atoms with E-state index in [1.54, 1.807) is 11.3 Å². The Labute approximate surface area is 130 Å². The fraction of sp³-hybridized carbons (Fsp3) is 0.333. The minimum absolute atomic E-state index is 0.0257. The average Bonchev–Trinajstić information content (AvgIpc) is 3.02. The van der Waals surface area contributed by atoms with Gasteiger partial charge >= 0.3 is 0 Å². The second kappa shape index (κ2) is 5.17. The Kier molecular flexibility index (Phi) is 3.15. The Morgan fingerprint density at radius 1 is 1.41 bits per heavy atom. The number of hydrogen-bond acceptors (Lipinski definition) is 6. The van der Waals surface area contributed by atoms with E-state index in [1.807, 2.05) is 5.38 Å². The van der Waals surface area contributed by atoms with Crippen LogP contribution in [0.15, 0.2) is 22.6 Å². The first kappa shape index (κ1) is 13.4. The molecule has 3 aromatic rings. The molecular formula is C15H15N5OS. The molecule has 112 valence electrons. The Hall–Kier alpha value is -2.28. The van der Waals surface area contributed by atoms with Gasteiger partial charge in [-0.15, -0.1) is 11.3 Å². The summed E-state index contributed by atoms with van der Waals surface area (Å²) in [6.07, 6.45) is 2.97. The second-order valence-corrected chi connectivity index (χ2v) is 6.18. The van der Waals surface area contributed by atoms with Gasteiger partial charge in [0.1, 0.15) is 16.5 Å². The predicted molar refractivity (Wildman–Crippen MR) is 86.4 cm³/mol. The van der Waals surface area contributed by atoms with Gasteiger partial charge < -0.3 is 9.88 Å². The molecule has 0 fully saturated rings. The maximum atomic E-state index is 11.8. The first-order valence-electron chi connectivity index (χ1n) is 7.30. The molecule has 0 unspecified atom stereocenters. The number of fused-ring (bicyclic) bond motifs is 2. The molecule has 0 atom stereocenters. The SMILES string of the molecule is CCc1nc(N2CCc3c(nc[nH]c3=O)C2)c2ccsc2n1. The predicted octanol–water partition coefficient (Wildman–Crippen LogP) is 1.90. The molecule has 3 aromatic heterocycles. The van der Waals surface area contributed by atoms with Gasteiger partial charge in [-0.2, -0.15) is 0 Å². The summed E-state index contributed by atoms with van der Waals surface area (Å²) in [7, 11) is 0. The molecule has 0 bridgehead atoms. The summed E-state index contributed by atoms with van der Waals surface area (Å²) in [5.74, 6) is 1.81. The van der Waals surface area contributed by atoms with Crippen LogP contribution >= 0.6 is 11.3 Å². The van der Waals surface area contributed by atoms with Crippen molar-refractivity contribution in [2.24, 2.45) is 0 Å². The lowest BCUT2D eigenvalue weighted by Gasteiger charge is -2.29. The molecule has 22 heavy (non-hydrogen) atoms. The Morgan fingerprint density at radius 2 is 2.32 bits per heavy atom. The van der Waals surface area contributed by atoms with Gasteiger partial charge in [0.15, 0.2) is 0 Å². The molecular weight excluding hydrogens is 298 g/mol. The van der Waals surface area contributed by atoms with Crippen molar-refractivity contribution in [1.82, 2.24) is 19.9 Å². The van der Waals surface area contributed by atoms with Gasteiger partial charge in [-0.05, 0) is 17.9 Å². The summed E-state index contributed by atoms with van der Waals surface area (Å²) >= 11 is 1.63. The minimum Gasteiger partial charge on any atom is -0.350 e. The van der Waals surface area contributed by atoms with Crippen LogP contribution < -0.4 is 10.5 Å². The van der Waals surface area contributed by atoms with Crippen molar-refractivity contribution in [3.8, 4) is 0 Å². The number of aromatic nitrogens is 4. The average molecular weight is 313 g/mol. The fourth-order valence-electron chi connectivity index (χ4n) is 2.83. The van der Waals surface area contributed by atoms with Crippen LogP contribution in [0.1, 0.15) is 24.0 Å². The number of thiophene rings is 1. The second-order valence-electron chi connectivity index (χ2n) is 5.28. The van der Waals surface area contributed by atoms with Crippen LogP contribution in [-0.2, 0) is 19.4 Å². The standard InChI is InChI=1S/C15H15N5OS/c1-2-12-18-13(10-4-6-22-15(10)19-12)20-5-3-9-11(7-20)16-8-17-14(9)21/h4,6,8H,2-3,5,7H2,1H3,(H,16,17,21). The van der Waals surface area contributed by atoms with Gasteiger partial charge in [0.25, 0.3) is 5.56 Å². The van der Waals surface area contributed by atoms with E-state index >= 15 is 0 Å². The van der Waals surface area contributed by atoms with Gasteiger partial charge in [0.2, 0.25) is 0 Å². The molecule has 1 N–H and O–H groups in total. The lowest BCUT2D eigenvalue weighted by Crippen LogP contribution is -2.35. The summed E-state index contributed by atoms with van der Waals surface area (Å²) in [6, 6.07) is 2.06. The number of H-pyrrole nitrogens is 1. The van der Waals surface area contributed by atoms with Gasteiger partial charge in [-0.1, -0.05) is 6.92 Å². The molecule has 4 rings (SSSR count). The number of rotatable bonds is 2. The Bertz CT molecular complexity index is 900. The van der Waals surface area contributed by atoms with Crippen molar-refractivity contribution >= 4 is 27.4 Å². The Morgan fingerprint density at radius 3 is 3.18 bits per heavy atom. The number of hydrogen-bond donors (Lipinski definition) is 1. The molecule has 7 heteroatoms. The smallest absolute Gasteiger partial charge is 0.254 e.